The van der Waals surface area contributed by atoms with Gasteiger partial charge in [0.1, 0.15) is 10.8 Å². The van der Waals surface area contributed by atoms with Gasteiger partial charge in [0.05, 0.1) is 12.4 Å². The van der Waals surface area contributed by atoms with Crippen LogP contribution < -0.4 is 5.73 Å². The van der Waals surface area contributed by atoms with Gasteiger partial charge in [-0.25, -0.2) is 9.97 Å². The van der Waals surface area contributed by atoms with Crippen molar-refractivity contribution in [2.24, 2.45) is 0 Å². The van der Waals surface area contributed by atoms with Crippen molar-refractivity contribution in [3.8, 4) is 0 Å². The zero-order chi connectivity index (χ0) is 11.5. The molecule has 0 amide bonds. The molecule has 4 heteroatoms. The Morgan fingerprint density at radius 3 is 2.50 bits per heavy atom. The lowest BCUT2D eigenvalue weighted by Gasteiger charge is -2.04. The molecule has 0 radical (unpaired) electrons. The molecule has 2 N–H and O–H groups in total. The number of nitrogens with two attached hydrogens (primary N) is 1. The second-order valence-corrected chi connectivity index (χ2v) is 4.72. The number of hydrogen-bond acceptors (Lipinski definition) is 4. The topological polar surface area (TPSA) is 51.8 Å². The third-order valence-corrected chi connectivity index (χ3v) is 3.26. The Morgan fingerprint density at radius 1 is 1.06 bits per heavy atom. The van der Waals surface area contributed by atoms with Crippen LogP contribution >= 0.6 is 11.8 Å². The van der Waals surface area contributed by atoms with Gasteiger partial charge >= 0.3 is 0 Å². The molecule has 0 spiro atoms. The van der Waals surface area contributed by atoms with E-state index in [9.17, 15) is 0 Å². The van der Waals surface area contributed by atoms with Crippen LogP contribution in [0.25, 0.3) is 0 Å². The van der Waals surface area contributed by atoms with E-state index in [0.29, 0.717) is 5.82 Å². The van der Waals surface area contributed by atoms with E-state index in [-0.39, 0.29) is 0 Å². The molecular formula is C12H13N3S. The molecule has 0 unspecified atom stereocenters. The maximum absolute atomic E-state index is 5.48. The summed E-state index contributed by atoms with van der Waals surface area (Å²) in [6.45, 7) is 4.21. The number of nitrogen functional groups attached to an aromatic ring is 1. The summed E-state index contributed by atoms with van der Waals surface area (Å²) >= 11 is 1.59. The number of anilines is 1. The molecule has 1 heterocycles. The van der Waals surface area contributed by atoms with Gasteiger partial charge in [0.2, 0.25) is 0 Å². The van der Waals surface area contributed by atoms with Crippen molar-refractivity contribution >= 4 is 17.6 Å². The Hall–Kier alpha value is -1.55. The zero-order valence-corrected chi connectivity index (χ0v) is 10.1. The fraction of sp³-hybridized carbons (Fsp3) is 0.167. The number of aromatic nitrogens is 2. The second kappa shape index (κ2) is 4.53. The summed E-state index contributed by atoms with van der Waals surface area (Å²) in [5.41, 5.74) is 8.07. The maximum atomic E-state index is 5.48. The Morgan fingerprint density at radius 2 is 1.88 bits per heavy atom. The van der Waals surface area contributed by atoms with Crippen molar-refractivity contribution in [2.45, 2.75) is 23.8 Å². The van der Waals surface area contributed by atoms with E-state index in [0.717, 1.165) is 5.03 Å². The van der Waals surface area contributed by atoms with Crippen molar-refractivity contribution in [2.75, 3.05) is 5.73 Å². The molecule has 0 aliphatic carbocycles. The molecule has 2 rings (SSSR count). The van der Waals surface area contributed by atoms with Crippen molar-refractivity contribution in [1.82, 2.24) is 9.97 Å². The highest BCUT2D eigenvalue weighted by Gasteiger charge is 2.01. The quantitative estimate of drug-likeness (QED) is 0.863. The van der Waals surface area contributed by atoms with E-state index in [1.165, 1.54) is 16.0 Å². The van der Waals surface area contributed by atoms with Crippen molar-refractivity contribution in [1.29, 1.82) is 0 Å². The molecular weight excluding hydrogens is 218 g/mol. The third-order valence-electron chi connectivity index (χ3n) is 2.35. The number of benzene rings is 1. The summed E-state index contributed by atoms with van der Waals surface area (Å²) < 4.78 is 0. The molecule has 16 heavy (non-hydrogen) atoms. The second-order valence-electron chi connectivity index (χ2n) is 3.63. The van der Waals surface area contributed by atoms with Gasteiger partial charge in [-0.2, -0.15) is 0 Å². The minimum atomic E-state index is 0.449. The lowest BCUT2D eigenvalue weighted by molar-refractivity contribution is 1.06. The van der Waals surface area contributed by atoms with Gasteiger partial charge in [-0.05, 0) is 37.1 Å². The first-order valence-electron chi connectivity index (χ1n) is 4.98. The normalized spacial score (nSPS) is 10.4. The Labute approximate surface area is 99.1 Å². The van der Waals surface area contributed by atoms with Crippen LogP contribution in [0.4, 0.5) is 5.82 Å². The minimum absolute atomic E-state index is 0.449. The average Bonchev–Trinajstić information content (AvgIpc) is 2.27. The number of nitrogens with zero attached hydrogens (tertiary/aromatic N) is 2. The van der Waals surface area contributed by atoms with E-state index in [1.807, 2.05) is 0 Å². The summed E-state index contributed by atoms with van der Waals surface area (Å²) in [6, 6.07) is 6.35. The zero-order valence-electron chi connectivity index (χ0n) is 9.27. The number of hydrogen-bond donors (Lipinski definition) is 1. The van der Waals surface area contributed by atoms with Crippen LogP contribution in [0, 0.1) is 13.8 Å². The van der Waals surface area contributed by atoms with Crippen LogP contribution in [0.1, 0.15) is 11.1 Å². The van der Waals surface area contributed by atoms with Crippen LogP contribution in [0.15, 0.2) is 40.5 Å². The molecule has 0 bridgehead atoms. The number of aryl methyl sites for hydroxylation is 2. The molecule has 0 saturated heterocycles. The highest BCUT2D eigenvalue weighted by molar-refractivity contribution is 7.99. The van der Waals surface area contributed by atoms with Crippen LogP contribution in [0.5, 0.6) is 0 Å². The lowest BCUT2D eigenvalue weighted by atomic mass is 10.1. The van der Waals surface area contributed by atoms with Crippen molar-refractivity contribution in [3.05, 3.63) is 41.7 Å². The van der Waals surface area contributed by atoms with E-state index in [4.69, 9.17) is 5.73 Å². The molecule has 0 aliphatic heterocycles. The molecule has 1 aromatic heterocycles. The Balaban J connectivity index is 2.20. The standard InChI is InChI=1S/C12H13N3S/c1-8-3-4-10(5-9(8)2)16-12-7-14-11(13)6-15-12/h3-7H,1-2H3,(H2,13,14). The van der Waals surface area contributed by atoms with Gasteiger partial charge in [-0.3, -0.25) is 0 Å². The first kappa shape index (κ1) is 11.0. The predicted octanol–water partition coefficient (Wildman–Crippen LogP) is 2.83. The van der Waals surface area contributed by atoms with E-state index in [1.54, 1.807) is 24.2 Å². The minimum Gasteiger partial charge on any atom is -0.382 e. The molecule has 3 nitrogen and oxygen atoms in total. The lowest BCUT2D eigenvalue weighted by Crippen LogP contribution is -1.91. The predicted molar refractivity (Wildman–Crippen MR) is 66.5 cm³/mol. The summed E-state index contributed by atoms with van der Waals surface area (Å²) in [4.78, 5) is 9.38. The summed E-state index contributed by atoms with van der Waals surface area (Å²) in [6.07, 6.45) is 3.26. The Bertz CT molecular complexity index is 494. The van der Waals surface area contributed by atoms with Gasteiger partial charge < -0.3 is 5.73 Å². The number of rotatable bonds is 2. The summed E-state index contributed by atoms with van der Waals surface area (Å²) in [5, 5.41) is 0.859. The fourth-order valence-electron chi connectivity index (χ4n) is 1.28. The van der Waals surface area contributed by atoms with Gasteiger partial charge in [0, 0.05) is 4.90 Å². The third kappa shape index (κ3) is 2.52. The molecule has 82 valence electrons. The SMILES string of the molecule is Cc1ccc(Sc2cnc(N)cn2)cc1C. The van der Waals surface area contributed by atoms with Crippen molar-refractivity contribution < 1.29 is 0 Å². The smallest absolute Gasteiger partial charge is 0.141 e. The van der Waals surface area contributed by atoms with Crippen LogP contribution in [0.2, 0.25) is 0 Å². The first-order chi connectivity index (χ1) is 7.65. The van der Waals surface area contributed by atoms with E-state index < -0.39 is 0 Å². The monoisotopic (exact) mass is 231 g/mol. The largest absolute Gasteiger partial charge is 0.382 e. The average molecular weight is 231 g/mol. The molecule has 1 aromatic carbocycles. The van der Waals surface area contributed by atoms with Crippen LogP contribution in [-0.2, 0) is 0 Å². The van der Waals surface area contributed by atoms with E-state index >= 15 is 0 Å². The summed E-state index contributed by atoms with van der Waals surface area (Å²) in [7, 11) is 0. The van der Waals surface area contributed by atoms with Gasteiger partial charge in [0.15, 0.2) is 0 Å². The molecule has 0 aliphatic rings. The van der Waals surface area contributed by atoms with Gasteiger partial charge in [-0.15, -0.1) is 0 Å². The summed E-state index contributed by atoms with van der Waals surface area (Å²) in [5.74, 6) is 0.449. The Kier molecular flexibility index (Phi) is 3.10. The van der Waals surface area contributed by atoms with E-state index in [2.05, 4.69) is 42.0 Å². The van der Waals surface area contributed by atoms with Gasteiger partial charge in [0.25, 0.3) is 0 Å². The molecule has 2 aromatic rings. The highest BCUT2D eigenvalue weighted by Crippen LogP contribution is 2.26. The van der Waals surface area contributed by atoms with Gasteiger partial charge in [-0.1, -0.05) is 17.8 Å². The highest BCUT2D eigenvalue weighted by atomic mass is 32.2. The molecule has 0 fully saturated rings. The van der Waals surface area contributed by atoms with Crippen LogP contribution in [-0.4, -0.2) is 9.97 Å². The van der Waals surface area contributed by atoms with Crippen LogP contribution in [0.3, 0.4) is 0 Å². The molecule has 0 saturated carbocycles. The maximum Gasteiger partial charge on any atom is 0.141 e. The fourth-order valence-corrected chi connectivity index (χ4v) is 2.10. The first-order valence-corrected chi connectivity index (χ1v) is 5.79. The van der Waals surface area contributed by atoms with Crippen molar-refractivity contribution in [3.63, 3.8) is 0 Å². The molecule has 0 atom stereocenters.